The van der Waals surface area contributed by atoms with Crippen molar-refractivity contribution >= 4 is 17.3 Å². The SMILES string of the molecule is O=[N+]([O-])c1c(Cl)ncnc1C1CC1. The third-order valence-corrected chi connectivity index (χ3v) is 2.23. The van der Waals surface area contributed by atoms with E-state index in [2.05, 4.69) is 9.97 Å². The molecule has 0 radical (unpaired) electrons. The van der Waals surface area contributed by atoms with E-state index in [1.54, 1.807) is 0 Å². The normalized spacial score (nSPS) is 15.8. The third kappa shape index (κ3) is 1.47. The second kappa shape index (κ2) is 2.92. The first-order chi connectivity index (χ1) is 6.20. The van der Waals surface area contributed by atoms with Crippen molar-refractivity contribution in [2.75, 3.05) is 0 Å². The molecule has 0 unspecified atom stereocenters. The highest BCUT2D eigenvalue weighted by atomic mass is 35.5. The molecular weight excluding hydrogens is 194 g/mol. The first-order valence-corrected chi connectivity index (χ1v) is 4.22. The van der Waals surface area contributed by atoms with Gasteiger partial charge in [-0.2, -0.15) is 0 Å². The second-order valence-electron chi connectivity index (χ2n) is 2.93. The second-order valence-corrected chi connectivity index (χ2v) is 3.29. The molecule has 0 aromatic carbocycles. The highest BCUT2D eigenvalue weighted by Crippen LogP contribution is 2.44. The first-order valence-electron chi connectivity index (χ1n) is 3.85. The summed E-state index contributed by atoms with van der Waals surface area (Å²) in [6, 6.07) is 0. The molecule has 0 bridgehead atoms. The smallest absolute Gasteiger partial charge is 0.258 e. The van der Waals surface area contributed by atoms with Gasteiger partial charge in [0.15, 0.2) is 0 Å². The van der Waals surface area contributed by atoms with Crippen LogP contribution < -0.4 is 0 Å². The van der Waals surface area contributed by atoms with Gasteiger partial charge >= 0.3 is 5.69 Å². The van der Waals surface area contributed by atoms with Crippen molar-refractivity contribution in [3.63, 3.8) is 0 Å². The molecule has 0 N–H and O–H groups in total. The van der Waals surface area contributed by atoms with Gasteiger partial charge in [0, 0.05) is 5.92 Å². The molecule has 13 heavy (non-hydrogen) atoms. The zero-order valence-electron chi connectivity index (χ0n) is 6.61. The molecule has 0 atom stereocenters. The Kier molecular flexibility index (Phi) is 1.88. The number of halogens is 1. The Morgan fingerprint density at radius 2 is 2.23 bits per heavy atom. The van der Waals surface area contributed by atoms with Gasteiger partial charge in [-0.1, -0.05) is 11.6 Å². The molecule has 6 heteroatoms. The van der Waals surface area contributed by atoms with Crippen LogP contribution in [-0.2, 0) is 0 Å². The van der Waals surface area contributed by atoms with Crippen LogP contribution in [0.5, 0.6) is 0 Å². The maximum absolute atomic E-state index is 10.6. The van der Waals surface area contributed by atoms with E-state index in [4.69, 9.17) is 11.6 Å². The van der Waals surface area contributed by atoms with Gasteiger partial charge in [-0.25, -0.2) is 9.97 Å². The molecule has 5 nitrogen and oxygen atoms in total. The average Bonchev–Trinajstić information content (AvgIpc) is 2.85. The van der Waals surface area contributed by atoms with Crippen LogP contribution in [0.4, 0.5) is 5.69 Å². The van der Waals surface area contributed by atoms with E-state index in [1.807, 2.05) is 0 Å². The predicted octanol–water partition coefficient (Wildman–Crippen LogP) is 1.92. The lowest BCUT2D eigenvalue weighted by Crippen LogP contribution is -1.99. The van der Waals surface area contributed by atoms with Gasteiger partial charge in [0.1, 0.15) is 12.0 Å². The van der Waals surface area contributed by atoms with Gasteiger partial charge in [0.2, 0.25) is 5.15 Å². The molecule has 1 aromatic heterocycles. The summed E-state index contributed by atoms with van der Waals surface area (Å²) in [5.41, 5.74) is 0.344. The lowest BCUT2D eigenvalue weighted by molar-refractivity contribution is -0.386. The zero-order valence-corrected chi connectivity index (χ0v) is 7.36. The van der Waals surface area contributed by atoms with Gasteiger partial charge in [-0.05, 0) is 12.8 Å². The molecule has 1 fully saturated rings. The summed E-state index contributed by atoms with van der Waals surface area (Å²) in [6.07, 6.45) is 3.17. The van der Waals surface area contributed by atoms with E-state index in [0.29, 0.717) is 5.69 Å². The van der Waals surface area contributed by atoms with Crippen molar-refractivity contribution in [2.45, 2.75) is 18.8 Å². The molecule has 0 spiro atoms. The fraction of sp³-hybridized carbons (Fsp3) is 0.429. The average molecular weight is 200 g/mol. The van der Waals surface area contributed by atoms with Crippen molar-refractivity contribution < 1.29 is 4.92 Å². The van der Waals surface area contributed by atoms with Crippen molar-refractivity contribution in [3.05, 3.63) is 27.3 Å². The maximum atomic E-state index is 10.6. The Hall–Kier alpha value is -1.23. The summed E-state index contributed by atoms with van der Waals surface area (Å²) >= 11 is 5.60. The molecule has 0 amide bonds. The van der Waals surface area contributed by atoms with Crippen LogP contribution in [0.1, 0.15) is 24.5 Å². The van der Waals surface area contributed by atoms with E-state index < -0.39 is 4.92 Å². The number of nitrogens with zero attached hydrogens (tertiary/aromatic N) is 3. The molecule has 0 saturated heterocycles. The number of hydrogen-bond acceptors (Lipinski definition) is 4. The highest BCUT2D eigenvalue weighted by molar-refractivity contribution is 6.31. The van der Waals surface area contributed by atoms with Crippen LogP contribution in [0, 0.1) is 10.1 Å². The van der Waals surface area contributed by atoms with Gasteiger partial charge in [-0.15, -0.1) is 0 Å². The van der Waals surface area contributed by atoms with Crippen LogP contribution in [0.2, 0.25) is 5.15 Å². The van der Waals surface area contributed by atoms with Crippen molar-refractivity contribution in [2.24, 2.45) is 0 Å². The van der Waals surface area contributed by atoms with Gasteiger partial charge in [-0.3, -0.25) is 10.1 Å². The fourth-order valence-corrected chi connectivity index (χ4v) is 1.40. The molecule has 68 valence electrons. The maximum Gasteiger partial charge on any atom is 0.328 e. The standard InChI is InChI=1S/C7H6ClN3O2/c8-7-6(11(12)13)5(4-1-2-4)9-3-10-7/h3-4H,1-2H2. The minimum atomic E-state index is -0.518. The molecule has 1 saturated carbocycles. The van der Waals surface area contributed by atoms with Crippen LogP contribution >= 0.6 is 11.6 Å². The van der Waals surface area contributed by atoms with E-state index in [9.17, 15) is 10.1 Å². The third-order valence-electron chi connectivity index (χ3n) is 1.95. The topological polar surface area (TPSA) is 68.9 Å². The Bertz CT molecular complexity index is 365. The molecule has 2 rings (SSSR count). The Labute approximate surface area is 78.9 Å². The quantitative estimate of drug-likeness (QED) is 0.415. The Morgan fingerprint density at radius 3 is 2.77 bits per heavy atom. The Balaban J connectivity index is 2.53. The summed E-state index contributed by atoms with van der Waals surface area (Å²) in [6.45, 7) is 0. The largest absolute Gasteiger partial charge is 0.328 e. The lowest BCUT2D eigenvalue weighted by atomic mass is 10.2. The fourth-order valence-electron chi connectivity index (χ4n) is 1.19. The molecule has 1 heterocycles. The van der Waals surface area contributed by atoms with Crippen molar-refractivity contribution in [3.8, 4) is 0 Å². The number of aromatic nitrogens is 2. The van der Waals surface area contributed by atoms with Crippen LogP contribution in [0.3, 0.4) is 0 Å². The number of rotatable bonds is 2. The van der Waals surface area contributed by atoms with Crippen molar-refractivity contribution in [1.29, 1.82) is 0 Å². The monoisotopic (exact) mass is 199 g/mol. The van der Waals surface area contributed by atoms with Gasteiger partial charge < -0.3 is 0 Å². The zero-order chi connectivity index (χ0) is 9.42. The van der Waals surface area contributed by atoms with E-state index >= 15 is 0 Å². The summed E-state index contributed by atoms with van der Waals surface area (Å²) in [7, 11) is 0. The summed E-state index contributed by atoms with van der Waals surface area (Å²) in [5.74, 6) is 0.209. The van der Waals surface area contributed by atoms with E-state index in [-0.39, 0.29) is 16.8 Å². The van der Waals surface area contributed by atoms with Gasteiger partial charge in [0.05, 0.1) is 4.92 Å². The van der Waals surface area contributed by atoms with Crippen LogP contribution in [0.15, 0.2) is 6.33 Å². The summed E-state index contributed by atoms with van der Waals surface area (Å²) < 4.78 is 0. The van der Waals surface area contributed by atoms with E-state index in [0.717, 1.165) is 12.8 Å². The van der Waals surface area contributed by atoms with Crippen molar-refractivity contribution in [1.82, 2.24) is 9.97 Å². The molecular formula is C7H6ClN3O2. The van der Waals surface area contributed by atoms with E-state index in [1.165, 1.54) is 6.33 Å². The predicted molar refractivity (Wildman–Crippen MR) is 45.7 cm³/mol. The van der Waals surface area contributed by atoms with Gasteiger partial charge in [0.25, 0.3) is 0 Å². The molecule has 1 aliphatic carbocycles. The highest BCUT2D eigenvalue weighted by Gasteiger charge is 2.34. The lowest BCUT2D eigenvalue weighted by Gasteiger charge is -1.99. The Morgan fingerprint density at radius 1 is 1.54 bits per heavy atom. The number of hydrogen-bond donors (Lipinski definition) is 0. The minimum Gasteiger partial charge on any atom is -0.258 e. The van der Waals surface area contributed by atoms with Crippen LogP contribution in [-0.4, -0.2) is 14.9 Å². The summed E-state index contributed by atoms with van der Waals surface area (Å²) in [4.78, 5) is 17.6. The molecule has 1 aliphatic rings. The van der Waals surface area contributed by atoms with Crippen LogP contribution in [0.25, 0.3) is 0 Å². The minimum absolute atomic E-state index is 0.0677. The molecule has 0 aliphatic heterocycles. The first kappa shape index (κ1) is 8.37. The summed E-state index contributed by atoms with van der Waals surface area (Å²) in [5, 5.41) is 10.5. The number of nitro groups is 1. The molecule has 1 aromatic rings.